The molecule has 1 aliphatic heterocycles. The lowest BCUT2D eigenvalue weighted by molar-refractivity contribution is -0.390. The van der Waals surface area contributed by atoms with E-state index in [0.717, 1.165) is 10.0 Å². The van der Waals surface area contributed by atoms with Gasteiger partial charge in [0, 0.05) is 10.0 Å². The van der Waals surface area contributed by atoms with Crippen LogP contribution in [0.3, 0.4) is 0 Å². The van der Waals surface area contributed by atoms with Crippen molar-refractivity contribution in [2.24, 2.45) is 0 Å². The summed E-state index contributed by atoms with van der Waals surface area (Å²) in [5, 5.41) is 10.9. The van der Waals surface area contributed by atoms with E-state index in [0.29, 0.717) is 11.5 Å². The Hall–Kier alpha value is -2.35. The lowest BCUT2D eigenvalue weighted by Gasteiger charge is -2.08. The van der Waals surface area contributed by atoms with Gasteiger partial charge in [0.25, 0.3) is 0 Å². The fourth-order valence-electron chi connectivity index (χ4n) is 1.86. The Morgan fingerprint density at radius 3 is 2.90 bits per heavy atom. The molecule has 3 rings (SSSR count). The summed E-state index contributed by atoms with van der Waals surface area (Å²) in [5.74, 6) is 1.08. The molecule has 2 aromatic rings. The molecule has 8 heteroatoms. The fourth-order valence-corrected chi connectivity index (χ4v) is 2.29. The highest BCUT2D eigenvalue weighted by molar-refractivity contribution is 9.10. The van der Waals surface area contributed by atoms with Crippen molar-refractivity contribution in [3.8, 4) is 17.2 Å². The first-order valence-corrected chi connectivity index (χ1v) is 6.74. The molecule has 0 atom stereocenters. The van der Waals surface area contributed by atoms with Crippen LogP contribution >= 0.6 is 15.9 Å². The van der Waals surface area contributed by atoms with Crippen molar-refractivity contribution in [3.05, 3.63) is 50.6 Å². The third-order valence-corrected chi connectivity index (χ3v) is 3.59. The highest BCUT2D eigenvalue weighted by Gasteiger charge is 2.19. The zero-order chi connectivity index (χ0) is 14.8. The maximum absolute atomic E-state index is 10.9. The molecular weight excluding hydrogens is 344 g/mol. The molecule has 0 bridgehead atoms. The predicted molar refractivity (Wildman–Crippen MR) is 75.5 cm³/mol. The Labute approximate surface area is 127 Å². The zero-order valence-electron chi connectivity index (χ0n) is 10.6. The molecule has 0 spiro atoms. The van der Waals surface area contributed by atoms with Crippen LogP contribution in [0.15, 0.2) is 34.9 Å². The van der Waals surface area contributed by atoms with E-state index in [1.807, 2.05) is 0 Å². The number of benzene rings is 1. The molecule has 1 aliphatic rings. The number of nitrogens with zero attached hydrogens (tertiary/aromatic N) is 2. The largest absolute Gasteiger partial charge is 0.481 e. The van der Waals surface area contributed by atoms with Crippen LogP contribution in [0.4, 0.5) is 5.82 Å². The Morgan fingerprint density at radius 2 is 2.14 bits per heavy atom. The molecule has 0 aliphatic carbocycles. The smallest absolute Gasteiger partial charge is 0.406 e. The van der Waals surface area contributed by atoms with Crippen molar-refractivity contribution in [2.75, 3.05) is 6.79 Å². The summed E-state index contributed by atoms with van der Waals surface area (Å²) in [6, 6.07) is 6.64. The van der Waals surface area contributed by atoms with Crippen LogP contribution in [0.2, 0.25) is 0 Å². The highest BCUT2D eigenvalue weighted by atomic mass is 79.9. The van der Waals surface area contributed by atoms with Crippen molar-refractivity contribution in [2.45, 2.75) is 6.61 Å². The number of nitro groups is 1. The quantitative estimate of drug-likeness (QED) is 0.621. The number of ether oxygens (including phenoxy) is 3. The molecule has 1 aromatic heterocycles. The van der Waals surface area contributed by atoms with E-state index in [-0.39, 0.29) is 25.0 Å². The molecular formula is C13H9BrN2O5. The van der Waals surface area contributed by atoms with Crippen molar-refractivity contribution >= 4 is 21.7 Å². The van der Waals surface area contributed by atoms with Crippen LogP contribution in [0, 0.1) is 10.1 Å². The average molecular weight is 353 g/mol. The number of rotatable bonds is 4. The fraction of sp³-hybridized carbons (Fsp3) is 0.154. The first kappa shape index (κ1) is 13.6. The van der Waals surface area contributed by atoms with Gasteiger partial charge in [-0.05, 0) is 34.2 Å². The topological polar surface area (TPSA) is 83.7 Å². The minimum Gasteiger partial charge on any atom is -0.481 e. The monoisotopic (exact) mass is 352 g/mol. The predicted octanol–water partition coefficient (Wildman–Crippen LogP) is 3.06. The van der Waals surface area contributed by atoms with Gasteiger partial charge in [-0.25, -0.2) is 0 Å². The summed E-state index contributed by atoms with van der Waals surface area (Å²) in [5.41, 5.74) is 0.789. The molecule has 2 heterocycles. The standard InChI is InChI=1S/C13H9BrN2O5/c14-9-5-12-11(20-7-21-12)4-8(9)6-19-10-2-1-3-15-13(10)16(17)18/h1-5H,6-7H2. The Morgan fingerprint density at radius 1 is 1.38 bits per heavy atom. The van der Waals surface area contributed by atoms with Gasteiger partial charge in [-0.2, -0.15) is 0 Å². The van der Waals surface area contributed by atoms with E-state index in [4.69, 9.17) is 14.2 Å². The van der Waals surface area contributed by atoms with Gasteiger partial charge >= 0.3 is 5.82 Å². The maximum Gasteiger partial charge on any atom is 0.406 e. The van der Waals surface area contributed by atoms with Gasteiger partial charge in [-0.3, -0.25) is 0 Å². The SMILES string of the molecule is O=[N+]([O-])c1ncccc1OCc1cc2c(cc1Br)OCO2. The highest BCUT2D eigenvalue weighted by Crippen LogP contribution is 2.37. The molecule has 0 unspecified atom stereocenters. The first-order valence-electron chi connectivity index (χ1n) is 5.95. The molecule has 0 amide bonds. The van der Waals surface area contributed by atoms with Gasteiger partial charge < -0.3 is 24.3 Å². The van der Waals surface area contributed by atoms with Gasteiger partial charge in [0.1, 0.15) is 12.8 Å². The number of halogens is 1. The van der Waals surface area contributed by atoms with Gasteiger partial charge in [-0.1, -0.05) is 15.9 Å². The zero-order valence-corrected chi connectivity index (χ0v) is 12.2. The Balaban J connectivity index is 1.81. The normalized spacial score (nSPS) is 12.2. The van der Waals surface area contributed by atoms with E-state index < -0.39 is 4.92 Å². The second-order valence-electron chi connectivity index (χ2n) is 4.17. The first-order chi connectivity index (χ1) is 10.1. The molecule has 21 heavy (non-hydrogen) atoms. The van der Waals surface area contributed by atoms with Crippen LogP contribution in [0.1, 0.15) is 5.56 Å². The lowest BCUT2D eigenvalue weighted by Crippen LogP contribution is -2.01. The summed E-state index contributed by atoms with van der Waals surface area (Å²) in [4.78, 5) is 14.0. The molecule has 0 saturated heterocycles. The van der Waals surface area contributed by atoms with Gasteiger partial charge in [0.15, 0.2) is 11.5 Å². The number of hydrogen-bond acceptors (Lipinski definition) is 6. The number of fused-ring (bicyclic) bond motifs is 1. The molecule has 108 valence electrons. The van der Waals surface area contributed by atoms with E-state index >= 15 is 0 Å². The molecule has 7 nitrogen and oxygen atoms in total. The number of hydrogen-bond donors (Lipinski definition) is 0. The molecule has 0 N–H and O–H groups in total. The van der Waals surface area contributed by atoms with Gasteiger partial charge in [0.2, 0.25) is 12.5 Å². The Kier molecular flexibility index (Phi) is 3.61. The second kappa shape index (κ2) is 5.57. The van der Waals surface area contributed by atoms with E-state index in [9.17, 15) is 10.1 Å². The average Bonchev–Trinajstić information content (AvgIpc) is 2.92. The van der Waals surface area contributed by atoms with E-state index in [1.165, 1.54) is 12.3 Å². The van der Waals surface area contributed by atoms with E-state index in [1.54, 1.807) is 18.2 Å². The van der Waals surface area contributed by atoms with Crippen LogP contribution in [0.25, 0.3) is 0 Å². The molecule has 0 fully saturated rings. The van der Waals surface area contributed by atoms with Gasteiger partial charge in [0.05, 0.1) is 0 Å². The molecule has 0 radical (unpaired) electrons. The number of aromatic nitrogens is 1. The van der Waals surface area contributed by atoms with Crippen molar-refractivity contribution in [3.63, 3.8) is 0 Å². The lowest BCUT2D eigenvalue weighted by atomic mass is 10.2. The summed E-state index contributed by atoms with van der Waals surface area (Å²) in [6.07, 6.45) is 1.35. The molecule has 1 aromatic carbocycles. The van der Waals surface area contributed by atoms with Crippen molar-refractivity contribution in [1.82, 2.24) is 4.98 Å². The van der Waals surface area contributed by atoms with Crippen LogP contribution < -0.4 is 14.2 Å². The third-order valence-electron chi connectivity index (χ3n) is 2.85. The maximum atomic E-state index is 10.9. The summed E-state index contributed by atoms with van der Waals surface area (Å²) in [7, 11) is 0. The van der Waals surface area contributed by atoms with Crippen molar-refractivity contribution < 1.29 is 19.1 Å². The number of pyridine rings is 1. The summed E-state index contributed by atoms with van der Waals surface area (Å²) >= 11 is 3.41. The Bertz CT molecular complexity index is 707. The second-order valence-corrected chi connectivity index (χ2v) is 5.02. The minimum atomic E-state index is -0.579. The minimum absolute atomic E-state index is 0.118. The van der Waals surface area contributed by atoms with Crippen LogP contribution in [0.5, 0.6) is 17.2 Å². The van der Waals surface area contributed by atoms with Crippen molar-refractivity contribution in [1.29, 1.82) is 0 Å². The van der Waals surface area contributed by atoms with Gasteiger partial charge in [-0.15, -0.1) is 0 Å². The summed E-state index contributed by atoms with van der Waals surface area (Å²) < 4.78 is 16.8. The van der Waals surface area contributed by atoms with Crippen LogP contribution in [-0.2, 0) is 6.61 Å². The molecule has 0 saturated carbocycles. The summed E-state index contributed by atoms with van der Waals surface area (Å²) in [6.45, 7) is 0.323. The van der Waals surface area contributed by atoms with E-state index in [2.05, 4.69) is 20.9 Å². The third kappa shape index (κ3) is 2.75. The van der Waals surface area contributed by atoms with Crippen LogP contribution in [-0.4, -0.2) is 16.7 Å².